The number of anilines is 1. The maximum absolute atomic E-state index is 8.73. The second kappa shape index (κ2) is 6.86. The van der Waals surface area contributed by atoms with Gasteiger partial charge in [-0.1, -0.05) is 28.1 Å². The molecular formula is C16H12BrN5S. The van der Waals surface area contributed by atoms with Crippen molar-refractivity contribution in [2.24, 2.45) is 0 Å². The predicted octanol–water partition coefficient (Wildman–Crippen LogP) is 4.41. The van der Waals surface area contributed by atoms with Crippen molar-refractivity contribution in [3.63, 3.8) is 0 Å². The number of rotatable bonds is 4. The van der Waals surface area contributed by atoms with Crippen LogP contribution in [-0.4, -0.2) is 15.0 Å². The maximum Gasteiger partial charge on any atom is 0.158 e. The SMILES string of the molecule is CC(Nc1cnc(C#N)cn1)c1nc(-c2ccc(Br)cc2)cs1. The van der Waals surface area contributed by atoms with E-state index in [1.165, 1.54) is 6.20 Å². The van der Waals surface area contributed by atoms with Crippen LogP contribution < -0.4 is 5.32 Å². The standard InChI is InChI=1S/C16H12BrN5S/c1-10(21-15-8-19-13(6-18)7-20-15)16-22-14(9-23-16)11-2-4-12(17)5-3-11/h2-5,7-10H,1H3,(H,20,21). The highest BCUT2D eigenvalue weighted by Crippen LogP contribution is 2.27. The van der Waals surface area contributed by atoms with Crippen molar-refractivity contribution >= 4 is 33.1 Å². The quantitative estimate of drug-likeness (QED) is 0.719. The normalized spacial score (nSPS) is 11.7. The summed E-state index contributed by atoms with van der Waals surface area (Å²) in [5.41, 5.74) is 2.34. The number of benzene rings is 1. The highest BCUT2D eigenvalue weighted by molar-refractivity contribution is 9.10. The Bertz CT molecular complexity index is 836. The molecule has 2 aromatic heterocycles. The number of hydrogen-bond acceptors (Lipinski definition) is 6. The Hall–Kier alpha value is -2.30. The third-order valence-corrected chi connectivity index (χ3v) is 4.72. The Morgan fingerprint density at radius 2 is 2.00 bits per heavy atom. The molecule has 114 valence electrons. The van der Waals surface area contributed by atoms with Gasteiger partial charge < -0.3 is 5.32 Å². The summed E-state index contributed by atoms with van der Waals surface area (Å²) < 4.78 is 1.05. The number of thiazole rings is 1. The molecule has 0 aliphatic heterocycles. The summed E-state index contributed by atoms with van der Waals surface area (Å²) in [6.45, 7) is 2.02. The van der Waals surface area contributed by atoms with E-state index < -0.39 is 0 Å². The molecule has 3 rings (SSSR count). The molecule has 3 aromatic rings. The number of nitriles is 1. The van der Waals surface area contributed by atoms with Gasteiger partial charge in [-0.2, -0.15) is 5.26 Å². The predicted molar refractivity (Wildman–Crippen MR) is 94.0 cm³/mol. The van der Waals surface area contributed by atoms with Crippen molar-refractivity contribution in [3.8, 4) is 17.3 Å². The topological polar surface area (TPSA) is 74.5 Å². The summed E-state index contributed by atoms with van der Waals surface area (Å²) in [5.74, 6) is 0.622. The van der Waals surface area contributed by atoms with Crippen molar-refractivity contribution in [2.45, 2.75) is 13.0 Å². The molecule has 0 aliphatic carbocycles. The van der Waals surface area contributed by atoms with Crippen LogP contribution in [0, 0.1) is 11.3 Å². The Morgan fingerprint density at radius 3 is 2.65 bits per heavy atom. The van der Waals surface area contributed by atoms with Crippen LogP contribution >= 0.6 is 27.3 Å². The molecule has 0 fully saturated rings. The van der Waals surface area contributed by atoms with Crippen molar-refractivity contribution < 1.29 is 0 Å². The van der Waals surface area contributed by atoms with Crippen LogP contribution in [0.4, 0.5) is 5.82 Å². The number of halogens is 1. The Labute approximate surface area is 146 Å². The molecule has 0 saturated carbocycles. The molecule has 0 bridgehead atoms. The van der Waals surface area contributed by atoms with Crippen molar-refractivity contribution in [1.82, 2.24) is 15.0 Å². The van der Waals surface area contributed by atoms with E-state index in [9.17, 15) is 0 Å². The van der Waals surface area contributed by atoms with Gasteiger partial charge in [-0.25, -0.2) is 15.0 Å². The van der Waals surface area contributed by atoms with Crippen LogP contribution in [0.5, 0.6) is 0 Å². The number of hydrogen-bond donors (Lipinski definition) is 1. The summed E-state index contributed by atoms with van der Waals surface area (Å²) in [6.07, 6.45) is 3.00. The smallest absolute Gasteiger partial charge is 0.158 e. The van der Waals surface area contributed by atoms with E-state index in [-0.39, 0.29) is 6.04 Å². The van der Waals surface area contributed by atoms with Gasteiger partial charge in [0, 0.05) is 15.4 Å². The zero-order valence-electron chi connectivity index (χ0n) is 12.2. The monoisotopic (exact) mass is 385 g/mol. The second-order valence-electron chi connectivity index (χ2n) is 4.84. The lowest BCUT2D eigenvalue weighted by atomic mass is 10.2. The van der Waals surface area contributed by atoms with Gasteiger partial charge in [-0.05, 0) is 19.1 Å². The number of aromatic nitrogens is 3. The summed E-state index contributed by atoms with van der Waals surface area (Å²) in [5, 5.41) is 15.0. The molecule has 0 radical (unpaired) electrons. The molecule has 7 heteroatoms. The zero-order valence-corrected chi connectivity index (χ0v) is 14.6. The summed E-state index contributed by atoms with van der Waals surface area (Å²) in [7, 11) is 0. The van der Waals surface area contributed by atoms with Crippen molar-refractivity contribution in [2.75, 3.05) is 5.32 Å². The van der Waals surface area contributed by atoms with E-state index in [1.807, 2.05) is 42.6 Å². The molecule has 0 saturated heterocycles. The molecule has 0 aliphatic rings. The zero-order chi connectivity index (χ0) is 16.2. The van der Waals surface area contributed by atoms with E-state index in [0.29, 0.717) is 11.5 Å². The van der Waals surface area contributed by atoms with Crippen molar-refractivity contribution in [3.05, 3.63) is 57.2 Å². The lowest BCUT2D eigenvalue weighted by molar-refractivity contribution is 0.858. The first-order valence-electron chi connectivity index (χ1n) is 6.86. The molecule has 23 heavy (non-hydrogen) atoms. The summed E-state index contributed by atoms with van der Waals surface area (Å²) in [4.78, 5) is 12.8. The lowest BCUT2D eigenvalue weighted by Gasteiger charge is -2.11. The first kappa shape index (κ1) is 15.6. The maximum atomic E-state index is 8.73. The van der Waals surface area contributed by atoms with Gasteiger partial charge in [0.15, 0.2) is 5.69 Å². The van der Waals surface area contributed by atoms with Crippen LogP contribution in [0.3, 0.4) is 0 Å². The van der Waals surface area contributed by atoms with Crippen LogP contribution in [0.1, 0.15) is 23.7 Å². The van der Waals surface area contributed by atoms with Gasteiger partial charge in [0.2, 0.25) is 0 Å². The first-order chi connectivity index (χ1) is 11.2. The average molecular weight is 386 g/mol. The molecule has 1 aromatic carbocycles. The largest absolute Gasteiger partial charge is 0.360 e. The fourth-order valence-corrected chi connectivity index (χ4v) is 3.08. The molecule has 1 atom stereocenters. The van der Waals surface area contributed by atoms with E-state index in [0.717, 1.165) is 20.7 Å². The second-order valence-corrected chi connectivity index (χ2v) is 6.65. The number of nitrogens with zero attached hydrogens (tertiary/aromatic N) is 4. The molecule has 2 heterocycles. The third-order valence-electron chi connectivity index (χ3n) is 3.16. The molecular weight excluding hydrogens is 374 g/mol. The minimum atomic E-state index is 0.00596. The van der Waals surface area contributed by atoms with Gasteiger partial charge in [-0.3, -0.25) is 0 Å². The first-order valence-corrected chi connectivity index (χ1v) is 8.53. The Kier molecular flexibility index (Phi) is 4.65. The number of nitrogens with one attached hydrogen (secondary N) is 1. The fraction of sp³-hybridized carbons (Fsp3) is 0.125. The molecule has 0 spiro atoms. The van der Waals surface area contributed by atoms with E-state index in [2.05, 4.69) is 36.2 Å². The van der Waals surface area contributed by atoms with E-state index in [4.69, 9.17) is 5.26 Å². The molecule has 1 N–H and O–H groups in total. The highest BCUT2D eigenvalue weighted by atomic mass is 79.9. The summed E-state index contributed by atoms with van der Waals surface area (Å²) in [6, 6.07) is 10.0. The summed E-state index contributed by atoms with van der Waals surface area (Å²) >= 11 is 5.03. The fourth-order valence-electron chi connectivity index (χ4n) is 1.98. The van der Waals surface area contributed by atoms with Gasteiger partial charge in [0.05, 0.1) is 24.1 Å². The van der Waals surface area contributed by atoms with Gasteiger partial charge >= 0.3 is 0 Å². The van der Waals surface area contributed by atoms with Crippen LogP contribution in [0.2, 0.25) is 0 Å². The van der Waals surface area contributed by atoms with Crippen LogP contribution in [-0.2, 0) is 0 Å². The highest BCUT2D eigenvalue weighted by Gasteiger charge is 2.12. The minimum Gasteiger partial charge on any atom is -0.360 e. The van der Waals surface area contributed by atoms with Gasteiger partial charge in [0.25, 0.3) is 0 Å². The van der Waals surface area contributed by atoms with Gasteiger partial charge in [0.1, 0.15) is 16.9 Å². The van der Waals surface area contributed by atoms with E-state index >= 15 is 0 Å². The third kappa shape index (κ3) is 3.73. The van der Waals surface area contributed by atoms with Crippen molar-refractivity contribution in [1.29, 1.82) is 5.26 Å². The van der Waals surface area contributed by atoms with Crippen LogP contribution in [0.25, 0.3) is 11.3 Å². The Morgan fingerprint density at radius 1 is 1.22 bits per heavy atom. The molecule has 1 unspecified atom stereocenters. The van der Waals surface area contributed by atoms with E-state index in [1.54, 1.807) is 17.5 Å². The van der Waals surface area contributed by atoms with Gasteiger partial charge in [-0.15, -0.1) is 11.3 Å². The average Bonchev–Trinajstić information content (AvgIpc) is 3.06. The lowest BCUT2D eigenvalue weighted by Crippen LogP contribution is -2.08. The molecule has 0 amide bonds. The Balaban J connectivity index is 1.74. The minimum absolute atomic E-state index is 0.00596. The van der Waals surface area contributed by atoms with Crippen LogP contribution in [0.15, 0.2) is 46.5 Å². The molecule has 5 nitrogen and oxygen atoms in total.